The molecule has 104 valence electrons. The van der Waals surface area contributed by atoms with Crippen molar-refractivity contribution < 1.29 is 19.4 Å². The number of nitrogens with one attached hydrogen (secondary N) is 1. The Bertz CT molecular complexity index is 671. The van der Waals surface area contributed by atoms with E-state index >= 15 is 0 Å². The van der Waals surface area contributed by atoms with Gasteiger partial charge in [-0.05, 0) is 18.2 Å². The van der Waals surface area contributed by atoms with Crippen molar-refractivity contribution in [3.63, 3.8) is 0 Å². The van der Waals surface area contributed by atoms with Crippen molar-refractivity contribution in [1.29, 1.82) is 0 Å². The third kappa shape index (κ3) is 3.06. The molecule has 0 amide bonds. The smallest absolute Gasteiger partial charge is 0.355 e. The van der Waals surface area contributed by atoms with E-state index in [1.807, 2.05) is 0 Å². The number of thiazole rings is 1. The molecular weight excluding hydrogens is 304 g/mol. The van der Waals surface area contributed by atoms with Gasteiger partial charge in [0, 0.05) is 5.38 Å². The molecule has 20 heavy (non-hydrogen) atoms. The maximum Gasteiger partial charge on any atom is 0.355 e. The van der Waals surface area contributed by atoms with Crippen LogP contribution in [0.4, 0.5) is 10.8 Å². The number of carbonyl (C=O) groups is 2. The minimum Gasteiger partial charge on any atom is -0.476 e. The fraction of sp³-hybridized carbons (Fsp3) is 0.0833. The number of benzene rings is 1. The number of methoxy groups -OCH3 is 1. The van der Waals surface area contributed by atoms with Crippen molar-refractivity contribution in [1.82, 2.24) is 4.98 Å². The molecule has 6 nitrogen and oxygen atoms in total. The lowest BCUT2D eigenvalue weighted by Gasteiger charge is -2.07. The van der Waals surface area contributed by atoms with Crippen LogP contribution in [0.3, 0.4) is 0 Å². The summed E-state index contributed by atoms with van der Waals surface area (Å²) in [6.45, 7) is 0. The maximum atomic E-state index is 11.4. The highest BCUT2D eigenvalue weighted by Crippen LogP contribution is 2.28. The van der Waals surface area contributed by atoms with E-state index in [4.69, 9.17) is 16.7 Å². The van der Waals surface area contributed by atoms with Gasteiger partial charge in [-0.2, -0.15) is 0 Å². The Hall–Kier alpha value is -2.12. The Labute approximate surface area is 123 Å². The predicted molar refractivity (Wildman–Crippen MR) is 75.1 cm³/mol. The number of anilines is 2. The number of esters is 1. The number of nitrogens with zero attached hydrogens (tertiary/aromatic N) is 1. The van der Waals surface area contributed by atoms with Gasteiger partial charge in [-0.1, -0.05) is 11.6 Å². The molecule has 0 bridgehead atoms. The van der Waals surface area contributed by atoms with E-state index in [-0.39, 0.29) is 5.69 Å². The molecule has 0 radical (unpaired) electrons. The van der Waals surface area contributed by atoms with E-state index in [1.54, 1.807) is 6.07 Å². The van der Waals surface area contributed by atoms with E-state index < -0.39 is 11.9 Å². The average molecular weight is 313 g/mol. The zero-order valence-corrected chi connectivity index (χ0v) is 11.8. The second kappa shape index (κ2) is 5.89. The predicted octanol–water partition coefficient (Wildman–Crippen LogP) is 3.02. The number of carbonyl (C=O) groups excluding carboxylic acids is 1. The quantitative estimate of drug-likeness (QED) is 0.844. The van der Waals surface area contributed by atoms with Crippen LogP contribution in [0.5, 0.6) is 0 Å². The van der Waals surface area contributed by atoms with Crippen LogP contribution in [0.1, 0.15) is 20.8 Å². The first-order valence-electron chi connectivity index (χ1n) is 5.35. The van der Waals surface area contributed by atoms with Gasteiger partial charge in [-0.3, -0.25) is 0 Å². The first kappa shape index (κ1) is 14.3. The lowest BCUT2D eigenvalue weighted by molar-refractivity contribution is 0.0600. The molecule has 8 heteroatoms. The van der Waals surface area contributed by atoms with Gasteiger partial charge in [0.15, 0.2) is 10.8 Å². The molecular formula is C12H9ClN2O4S. The van der Waals surface area contributed by atoms with Crippen LogP contribution in [0, 0.1) is 0 Å². The lowest BCUT2D eigenvalue weighted by atomic mass is 10.2. The number of carboxylic acids is 1. The molecule has 2 N–H and O–H groups in total. The normalized spacial score (nSPS) is 10.1. The number of rotatable bonds is 4. The van der Waals surface area contributed by atoms with Crippen molar-refractivity contribution >= 4 is 45.7 Å². The van der Waals surface area contributed by atoms with E-state index in [1.165, 1.54) is 24.6 Å². The van der Waals surface area contributed by atoms with E-state index in [0.29, 0.717) is 21.4 Å². The van der Waals surface area contributed by atoms with Gasteiger partial charge in [-0.15, -0.1) is 11.3 Å². The van der Waals surface area contributed by atoms with Gasteiger partial charge in [0.1, 0.15) is 0 Å². The van der Waals surface area contributed by atoms with Crippen molar-refractivity contribution in [3.05, 3.63) is 39.9 Å². The summed E-state index contributed by atoms with van der Waals surface area (Å²) >= 11 is 7.13. The van der Waals surface area contributed by atoms with Crippen LogP contribution in [0.15, 0.2) is 23.6 Å². The number of aromatic carboxylic acids is 1. The van der Waals surface area contributed by atoms with Crippen molar-refractivity contribution in [2.24, 2.45) is 0 Å². The number of ether oxygens (including phenoxy) is 1. The summed E-state index contributed by atoms with van der Waals surface area (Å²) in [5, 5.41) is 13.8. The number of halogens is 1. The zero-order valence-electron chi connectivity index (χ0n) is 10.2. The SMILES string of the molecule is COC(=O)c1ccc(Cl)c(Nc2nc(C(=O)O)cs2)c1. The Morgan fingerprint density at radius 2 is 2.20 bits per heavy atom. The molecule has 0 saturated heterocycles. The minimum atomic E-state index is -1.11. The monoisotopic (exact) mass is 312 g/mol. The second-order valence-corrected chi connectivity index (χ2v) is 4.92. The summed E-state index contributed by atoms with van der Waals surface area (Å²) in [5.41, 5.74) is 0.716. The van der Waals surface area contributed by atoms with Gasteiger partial charge >= 0.3 is 11.9 Å². The molecule has 0 aliphatic rings. The topological polar surface area (TPSA) is 88.5 Å². The first-order valence-corrected chi connectivity index (χ1v) is 6.60. The number of hydrogen-bond donors (Lipinski definition) is 2. The molecule has 1 aromatic heterocycles. The molecule has 2 aromatic rings. The summed E-state index contributed by atoms with van der Waals surface area (Å²) < 4.78 is 4.62. The first-order chi connectivity index (χ1) is 9.51. The highest BCUT2D eigenvalue weighted by molar-refractivity contribution is 7.14. The molecule has 2 rings (SSSR count). The highest BCUT2D eigenvalue weighted by atomic mass is 35.5. The Kier molecular flexibility index (Phi) is 4.21. The molecule has 0 unspecified atom stereocenters. The Balaban J connectivity index is 2.27. The summed E-state index contributed by atoms with van der Waals surface area (Å²) in [4.78, 5) is 26.1. The van der Waals surface area contributed by atoms with Crippen LogP contribution in [-0.4, -0.2) is 29.1 Å². The molecule has 0 aliphatic carbocycles. The molecule has 0 spiro atoms. The second-order valence-electron chi connectivity index (χ2n) is 3.65. The summed E-state index contributed by atoms with van der Waals surface area (Å²) in [6, 6.07) is 4.59. The highest BCUT2D eigenvalue weighted by Gasteiger charge is 2.12. The van der Waals surface area contributed by atoms with Crippen molar-refractivity contribution in [3.8, 4) is 0 Å². The fourth-order valence-corrected chi connectivity index (χ4v) is 2.27. The van der Waals surface area contributed by atoms with Gasteiger partial charge in [0.2, 0.25) is 0 Å². The van der Waals surface area contributed by atoms with Gasteiger partial charge in [0.25, 0.3) is 0 Å². The molecule has 0 saturated carbocycles. The van der Waals surface area contributed by atoms with Crippen LogP contribution >= 0.6 is 22.9 Å². The lowest BCUT2D eigenvalue weighted by Crippen LogP contribution is -2.02. The van der Waals surface area contributed by atoms with Crippen molar-refractivity contribution in [2.75, 3.05) is 12.4 Å². The molecule has 0 atom stereocenters. The number of hydrogen-bond acceptors (Lipinski definition) is 6. The fourth-order valence-electron chi connectivity index (χ4n) is 1.41. The van der Waals surface area contributed by atoms with Gasteiger partial charge in [0.05, 0.1) is 23.4 Å². The summed E-state index contributed by atoms with van der Waals surface area (Å²) in [7, 11) is 1.28. The van der Waals surface area contributed by atoms with Crippen LogP contribution < -0.4 is 5.32 Å². The third-order valence-electron chi connectivity index (χ3n) is 2.35. The van der Waals surface area contributed by atoms with Crippen LogP contribution in [0.25, 0.3) is 0 Å². The van der Waals surface area contributed by atoms with E-state index in [9.17, 15) is 9.59 Å². The molecule has 1 heterocycles. The minimum absolute atomic E-state index is 0.0576. The standard InChI is InChI=1S/C12H9ClN2O4S/c1-19-11(18)6-2-3-7(13)8(4-6)14-12-15-9(5-20-12)10(16)17/h2-5H,1H3,(H,14,15)(H,16,17). The van der Waals surface area contributed by atoms with Crippen LogP contribution in [0.2, 0.25) is 5.02 Å². The molecule has 0 aliphatic heterocycles. The maximum absolute atomic E-state index is 11.4. The van der Waals surface area contributed by atoms with E-state index in [2.05, 4.69) is 15.0 Å². The Morgan fingerprint density at radius 1 is 1.45 bits per heavy atom. The largest absolute Gasteiger partial charge is 0.476 e. The molecule has 0 fully saturated rings. The third-order valence-corrected chi connectivity index (χ3v) is 3.44. The summed E-state index contributed by atoms with van der Waals surface area (Å²) in [5.74, 6) is -1.60. The van der Waals surface area contributed by atoms with Gasteiger partial charge < -0.3 is 15.2 Å². The van der Waals surface area contributed by atoms with Crippen molar-refractivity contribution in [2.45, 2.75) is 0 Å². The van der Waals surface area contributed by atoms with Gasteiger partial charge in [-0.25, -0.2) is 14.6 Å². The zero-order chi connectivity index (χ0) is 14.7. The van der Waals surface area contributed by atoms with Crippen LogP contribution in [-0.2, 0) is 4.74 Å². The van der Waals surface area contributed by atoms with E-state index in [0.717, 1.165) is 11.3 Å². The molecule has 1 aromatic carbocycles. The average Bonchev–Trinajstić information content (AvgIpc) is 2.89. The Morgan fingerprint density at radius 3 is 2.80 bits per heavy atom. The number of aromatic nitrogens is 1. The summed E-state index contributed by atoms with van der Waals surface area (Å²) in [6.07, 6.45) is 0. The number of carboxylic acid groups (broad SMARTS) is 1.